The maximum Gasteiger partial charge on any atom is 0.269 e. The van der Waals surface area contributed by atoms with E-state index < -0.39 is 0 Å². The van der Waals surface area contributed by atoms with Crippen molar-refractivity contribution in [1.82, 2.24) is 21.0 Å². The number of rotatable bonds is 4. The molecule has 2 amide bonds. The van der Waals surface area contributed by atoms with Gasteiger partial charge in [-0.25, -0.2) is 0 Å². The minimum Gasteiger partial charge on any atom is -0.282 e. The Morgan fingerprint density at radius 1 is 1.29 bits per heavy atom. The molecule has 0 spiro atoms. The first kappa shape index (κ1) is 15.1. The fourth-order valence-corrected chi connectivity index (χ4v) is 2.21. The highest BCUT2D eigenvalue weighted by Crippen LogP contribution is 2.18. The molecule has 0 bridgehead atoms. The molecule has 2 aromatic rings. The molecule has 110 valence electrons. The number of carbonyl (C=O) groups excluding carboxylic acids is 2. The lowest BCUT2D eigenvalue weighted by Gasteiger charge is -2.10. The minimum atomic E-state index is -0.332. The Kier molecular flexibility index (Phi) is 4.99. The van der Waals surface area contributed by atoms with Gasteiger partial charge in [0.1, 0.15) is 0 Å². The van der Waals surface area contributed by atoms with Crippen LogP contribution >= 0.6 is 11.8 Å². The van der Waals surface area contributed by atoms with Gasteiger partial charge in [0.25, 0.3) is 5.91 Å². The smallest absolute Gasteiger partial charge is 0.269 e. The van der Waals surface area contributed by atoms with Gasteiger partial charge in [-0.2, -0.15) is 5.10 Å². The summed E-state index contributed by atoms with van der Waals surface area (Å²) in [5.74, 6) is -0.646. The van der Waals surface area contributed by atoms with Gasteiger partial charge in [-0.3, -0.25) is 25.5 Å². The molecule has 0 aliphatic carbocycles. The number of H-pyrrole nitrogens is 1. The van der Waals surface area contributed by atoms with E-state index in [-0.39, 0.29) is 18.2 Å². The van der Waals surface area contributed by atoms with Crippen LogP contribution in [0, 0.1) is 6.92 Å². The first-order valence-electron chi connectivity index (χ1n) is 6.32. The Morgan fingerprint density at radius 3 is 2.76 bits per heavy atom. The zero-order valence-corrected chi connectivity index (χ0v) is 12.6. The topological polar surface area (TPSA) is 86.9 Å². The molecule has 0 aliphatic rings. The number of benzene rings is 1. The summed E-state index contributed by atoms with van der Waals surface area (Å²) in [4.78, 5) is 24.8. The molecule has 1 aromatic heterocycles. The average molecular weight is 304 g/mol. The van der Waals surface area contributed by atoms with Crippen LogP contribution in [0.15, 0.2) is 35.4 Å². The van der Waals surface area contributed by atoms with Gasteiger partial charge >= 0.3 is 0 Å². The zero-order chi connectivity index (χ0) is 15.2. The van der Waals surface area contributed by atoms with Crippen LogP contribution in [0.1, 0.15) is 21.6 Å². The third kappa shape index (κ3) is 4.09. The van der Waals surface area contributed by atoms with Crippen molar-refractivity contribution in [3.63, 3.8) is 0 Å². The molecule has 3 N–H and O–H groups in total. The average Bonchev–Trinajstić information content (AvgIpc) is 2.98. The van der Waals surface area contributed by atoms with Crippen LogP contribution in [0.5, 0.6) is 0 Å². The lowest BCUT2D eigenvalue weighted by molar-refractivity contribution is -0.121. The number of nitrogens with zero attached hydrogens (tertiary/aromatic N) is 1. The fourth-order valence-electron chi connectivity index (χ4n) is 1.77. The van der Waals surface area contributed by atoms with Crippen LogP contribution in [-0.4, -0.2) is 28.3 Å². The molecule has 1 heterocycles. The Bertz CT molecular complexity index is 640. The largest absolute Gasteiger partial charge is 0.282 e. The summed E-state index contributed by atoms with van der Waals surface area (Å²) >= 11 is 1.56. The number of hydrogen-bond acceptors (Lipinski definition) is 4. The summed E-state index contributed by atoms with van der Waals surface area (Å²) in [5.41, 5.74) is 6.89. The van der Waals surface area contributed by atoms with Gasteiger partial charge in [-0.15, -0.1) is 11.8 Å². The molecule has 21 heavy (non-hydrogen) atoms. The van der Waals surface area contributed by atoms with Crippen LogP contribution in [0.3, 0.4) is 0 Å². The van der Waals surface area contributed by atoms with Crippen LogP contribution in [-0.2, 0) is 11.2 Å². The fraction of sp³-hybridized carbons (Fsp3) is 0.214. The van der Waals surface area contributed by atoms with Crippen molar-refractivity contribution in [2.75, 3.05) is 6.26 Å². The number of thioether (sulfide) groups is 1. The number of aromatic amines is 1. The number of amides is 2. The van der Waals surface area contributed by atoms with Crippen molar-refractivity contribution in [3.8, 4) is 0 Å². The molecule has 0 saturated carbocycles. The van der Waals surface area contributed by atoms with Gasteiger partial charge in [0, 0.05) is 22.3 Å². The number of aromatic nitrogens is 2. The Balaban J connectivity index is 1.94. The first-order chi connectivity index (χ1) is 10.1. The zero-order valence-electron chi connectivity index (χ0n) is 11.8. The molecule has 7 heteroatoms. The second-order valence-electron chi connectivity index (χ2n) is 4.44. The van der Waals surface area contributed by atoms with E-state index in [1.54, 1.807) is 30.1 Å². The summed E-state index contributed by atoms with van der Waals surface area (Å²) in [6.45, 7) is 1.85. The van der Waals surface area contributed by atoms with Gasteiger partial charge in [-0.05, 0) is 36.9 Å². The lowest BCUT2D eigenvalue weighted by Crippen LogP contribution is -2.42. The van der Waals surface area contributed by atoms with Crippen LogP contribution in [0.2, 0.25) is 0 Å². The van der Waals surface area contributed by atoms with E-state index in [2.05, 4.69) is 21.0 Å². The Labute approximate surface area is 126 Å². The molecular weight excluding hydrogens is 288 g/mol. The summed E-state index contributed by atoms with van der Waals surface area (Å²) in [6.07, 6.45) is 3.64. The van der Waals surface area contributed by atoms with E-state index in [1.165, 1.54) is 0 Å². The molecule has 0 radical (unpaired) electrons. The molecule has 2 rings (SSSR count). The minimum absolute atomic E-state index is 0.129. The van der Waals surface area contributed by atoms with E-state index in [9.17, 15) is 9.59 Å². The molecule has 6 nitrogen and oxygen atoms in total. The van der Waals surface area contributed by atoms with Gasteiger partial charge in [0.05, 0.1) is 6.42 Å². The van der Waals surface area contributed by atoms with Crippen molar-refractivity contribution in [3.05, 3.63) is 47.3 Å². The molecule has 1 aromatic carbocycles. The van der Waals surface area contributed by atoms with Crippen LogP contribution in [0.25, 0.3) is 0 Å². The number of hydrogen-bond donors (Lipinski definition) is 3. The maximum absolute atomic E-state index is 12.1. The second-order valence-corrected chi connectivity index (χ2v) is 5.32. The highest BCUT2D eigenvalue weighted by molar-refractivity contribution is 7.98. The van der Waals surface area contributed by atoms with E-state index in [0.717, 1.165) is 10.5 Å². The number of aryl methyl sites for hydroxylation is 1. The van der Waals surface area contributed by atoms with Gasteiger partial charge in [-0.1, -0.05) is 6.07 Å². The third-order valence-electron chi connectivity index (χ3n) is 2.91. The predicted octanol–water partition coefficient (Wildman–Crippen LogP) is 1.44. The quantitative estimate of drug-likeness (QED) is 0.589. The third-order valence-corrected chi connectivity index (χ3v) is 3.64. The van der Waals surface area contributed by atoms with E-state index >= 15 is 0 Å². The SMILES string of the molecule is CSc1ccc(C)c(C(=O)NNC(=O)Cc2ccn[nH]2)c1. The van der Waals surface area contributed by atoms with Gasteiger partial charge in [0.15, 0.2) is 0 Å². The second kappa shape index (κ2) is 6.94. The van der Waals surface area contributed by atoms with Crippen LogP contribution in [0.4, 0.5) is 0 Å². The highest BCUT2D eigenvalue weighted by atomic mass is 32.2. The molecule has 0 aliphatic heterocycles. The summed E-state index contributed by atoms with van der Waals surface area (Å²) in [5, 5.41) is 6.44. The van der Waals surface area contributed by atoms with Crippen molar-refractivity contribution in [2.24, 2.45) is 0 Å². The first-order valence-corrected chi connectivity index (χ1v) is 7.54. The highest BCUT2D eigenvalue weighted by Gasteiger charge is 2.11. The van der Waals surface area contributed by atoms with Crippen molar-refractivity contribution >= 4 is 23.6 Å². The molecule has 0 saturated heterocycles. The summed E-state index contributed by atoms with van der Waals surface area (Å²) in [6, 6.07) is 7.34. The number of nitrogens with one attached hydrogen (secondary N) is 3. The molecule has 0 unspecified atom stereocenters. The summed E-state index contributed by atoms with van der Waals surface area (Å²) < 4.78 is 0. The van der Waals surface area contributed by atoms with Gasteiger partial charge in [0.2, 0.25) is 5.91 Å². The number of hydrazine groups is 1. The standard InChI is InChI=1S/C14H16N4O2S/c1-9-3-4-11(21-2)8-12(9)14(20)18-17-13(19)7-10-5-6-15-16-10/h3-6,8H,7H2,1-2H3,(H,15,16)(H,17,19)(H,18,20). The predicted molar refractivity (Wildman–Crippen MR) is 80.9 cm³/mol. The van der Waals surface area contributed by atoms with Crippen LogP contribution < -0.4 is 10.9 Å². The van der Waals surface area contributed by atoms with Gasteiger partial charge < -0.3 is 0 Å². The van der Waals surface area contributed by atoms with E-state index in [4.69, 9.17) is 0 Å². The monoisotopic (exact) mass is 304 g/mol. The molecule has 0 atom stereocenters. The van der Waals surface area contributed by atoms with E-state index in [1.807, 2.05) is 25.3 Å². The van der Waals surface area contributed by atoms with E-state index in [0.29, 0.717) is 11.3 Å². The Morgan fingerprint density at radius 2 is 2.10 bits per heavy atom. The Hall–Kier alpha value is -2.28. The number of carbonyl (C=O) groups is 2. The normalized spacial score (nSPS) is 10.2. The molecular formula is C14H16N4O2S. The summed E-state index contributed by atoms with van der Waals surface area (Å²) in [7, 11) is 0. The van der Waals surface area contributed by atoms with Crippen molar-refractivity contribution in [2.45, 2.75) is 18.2 Å². The lowest BCUT2D eigenvalue weighted by atomic mass is 10.1. The van der Waals surface area contributed by atoms with Crippen molar-refractivity contribution in [1.29, 1.82) is 0 Å². The van der Waals surface area contributed by atoms with Crippen molar-refractivity contribution < 1.29 is 9.59 Å². The molecule has 0 fully saturated rings. The maximum atomic E-state index is 12.1.